The normalized spacial score (nSPS) is 13.2. The topological polar surface area (TPSA) is 35.5 Å². The molecule has 0 saturated carbocycles. The van der Waals surface area contributed by atoms with E-state index in [-0.39, 0.29) is 12.1 Å². The van der Waals surface area contributed by atoms with Crippen LogP contribution in [0, 0.1) is 0 Å². The Hall–Kier alpha value is -2.13. The zero-order valence-corrected chi connectivity index (χ0v) is 17.0. The van der Waals surface area contributed by atoms with Gasteiger partial charge in [-0.1, -0.05) is 74.7 Å². The van der Waals surface area contributed by atoms with Gasteiger partial charge in [-0.25, -0.2) is 4.79 Å². The Morgan fingerprint density at radius 2 is 1.48 bits per heavy atom. The Kier molecular flexibility index (Phi) is 8.53. The predicted octanol–water partition coefficient (Wildman–Crippen LogP) is 6.12. The van der Waals surface area contributed by atoms with Gasteiger partial charge in [0.15, 0.2) is 6.10 Å². The number of hydrogen-bond donors (Lipinski definition) is 0. The molecule has 2 rings (SSSR count). The molecule has 0 radical (unpaired) electrons. The summed E-state index contributed by atoms with van der Waals surface area (Å²) < 4.78 is 10.4. The van der Waals surface area contributed by atoms with Crippen LogP contribution >= 0.6 is 0 Å². The number of rotatable bonds is 10. The number of ether oxygens (including phenoxy) is 2. The maximum absolute atomic E-state index is 11.8. The third-order valence-corrected chi connectivity index (χ3v) is 4.96. The summed E-state index contributed by atoms with van der Waals surface area (Å²) in [7, 11) is 1.50. The largest absolute Gasteiger partial charge is 0.456 e. The SMILES string of the molecule is CCCCCCc1ccc(-c2ccc(C(C)OC(=O)C(C)OC)cc2)cc1. The minimum Gasteiger partial charge on any atom is -0.456 e. The molecule has 0 aromatic heterocycles. The smallest absolute Gasteiger partial charge is 0.335 e. The highest BCUT2D eigenvalue weighted by Gasteiger charge is 2.17. The first-order valence-corrected chi connectivity index (χ1v) is 9.97. The molecular formula is C24H32O3. The summed E-state index contributed by atoms with van der Waals surface area (Å²) in [5, 5.41) is 0. The Morgan fingerprint density at radius 3 is 2.04 bits per heavy atom. The summed E-state index contributed by atoms with van der Waals surface area (Å²) in [6.45, 7) is 5.80. The molecule has 0 aliphatic rings. The molecular weight excluding hydrogens is 336 g/mol. The third kappa shape index (κ3) is 6.51. The first-order chi connectivity index (χ1) is 13.0. The van der Waals surface area contributed by atoms with Gasteiger partial charge >= 0.3 is 5.97 Å². The van der Waals surface area contributed by atoms with Crippen molar-refractivity contribution in [3.05, 3.63) is 59.7 Å². The van der Waals surface area contributed by atoms with Crippen LogP contribution in [0.1, 0.15) is 63.7 Å². The van der Waals surface area contributed by atoms with E-state index in [2.05, 4.69) is 43.3 Å². The molecule has 0 spiro atoms. The van der Waals surface area contributed by atoms with Gasteiger partial charge in [-0.05, 0) is 48.9 Å². The lowest BCUT2D eigenvalue weighted by Crippen LogP contribution is -2.23. The second kappa shape index (κ2) is 10.9. The Labute approximate surface area is 163 Å². The maximum atomic E-state index is 11.8. The molecule has 0 N–H and O–H groups in total. The zero-order chi connectivity index (χ0) is 19.6. The Balaban J connectivity index is 1.95. The summed E-state index contributed by atoms with van der Waals surface area (Å²) in [5.74, 6) is -0.344. The highest BCUT2D eigenvalue weighted by molar-refractivity contribution is 5.74. The van der Waals surface area contributed by atoms with Gasteiger partial charge in [0.25, 0.3) is 0 Å². The van der Waals surface area contributed by atoms with Crippen LogP contribution < -0.4 is 0 Å². The van der Waals surface area contributed by atoms with Crippen LogP contribution in [0.25, 0.3) is 11.1 Å². The average molecular weight is 369 g/mol. The second-order valence-corrected chi connectivity index (χ2v) is 7.09. The fraction of sp³-hybridized carbons (Fsp3) is 0.458. The maximum Gasteiger partial charge on any atom is 0.335 e. The molecule has 3 heteroatoms. The zero-order valence-electron chi connectivity index (χ0n) is 17.0. The van der Waals surface area contributed by atoms with Gasteiger partial charge < -0.3 is 9.47 Å². The minimum atomic E-state index is -0.549. The molecule has 2 unspecified atom stereocenters. The van der Waals surface area contributed by atoms with Crippen LogP contribution in [0.2, 0.25) is 0 Å². The van der Waals surface area contributed by atoms with Crippen LogP contribution in [-0.2, 0) is 20.7 Å². The number of methoxy groups -OCH3 is 1. The van der Waals surface area contributed by atoms with E-state index in [1.165, 1.54) is 49.5 Å². The van der Waals surface area contributed by atoms with Crippen molar-refractivity contribution in [1.82, 2.24) is 0 Å². The highest BCUT2D eigenvalue weighted by atomic mass is 16.6. The van der Waals surface area contributed by atoms with Crippen molar-refractivity contribution in [2.45, 2.75) is 65.1 Å². The average Bonchev–Trinajstić information content (AvgIpc) is 2.71. The molecule has 0 aliphatic carbocycles. The van der Waals surface area contributed by atoms with E-state index >= 15 is 0 Å². The number of esters is 1. The minimum absolute atomic E-state index is 0.297. The summed E-state index contributed by atoms with van der Waals surface area (Å²) in [4.78, 5) is 11.8. The van der Waals surface area contributed by atoms with E-state index < -0.39 is 6.10 Å². The van der Waals surface area contributed by atoms with Gasteiger partial charge in [0, 0.05) is 7.11 Å². The van der Waals surface area contributed by atoms with Gasteiger partial charge in [0.2, 0.25) is 0 Å². The van der Waals surface area contributed by atoms with Crippen LogP contribution in [-0.4, -0.2) is 19.2 Å². The van der Waals surface area contributed by atoms with Crippen molar-refractivity contribution in [3.63, 3.8) is 0 Å². The van der Waals surface area contributed by atoms with Gasteiger partial charge in [0.1, 0.15) is 6.10 Å². The molecule has 2 atom stereocenters. The standard InChI is InChI=1S/C24H32O3/c1-5-6-7-8-9-20-10-12-22(13-11-20)23-16-14-21(15-17-23)18(2)27-24(25)19(3)26-4/h10-19H,5-9H2,1-4H3. The number of unbranched alkanes of at least 4 members (excludes halogenated alkanes) is 3. The number of benzene rings is 2. The monoisotopic (exact) mass is 368 g/mol. The van der Waals surface area contributed by atoms with Gasteiger partial charge in [-0.2, -0.15) is 0 Å². The molecule has 3 nitrogen and oxygen atoms in total. The van der Waals surface area contributed by atoms with Crippen LogP contribution in [0.3, 0.4) is 0 Å². The summed E-state index contributed by atoms with van der Waals surface area (Å²) in [5.41, 5.74) is 4.75. The molecule has 2 aromatic carbocycles. The van der Waals surface area contributed by atoms with Crippen molar-refractivity contribution in [2.24, 2.45) is 0 Å². The van der Waals surface area contributed by atoms with Crippen molar-refractivity contribution in [1.29, 1.82) is 0 Å². The third-order valence-electron chi connectivity index (χ3n) is 4.96. The molecule has 0 fully saturated rings. The van der Waals surface area contributed by atoms with Crippen molar-refractivity contribution in [2.75, 3.05) is 7.11 Å². The van der Waals surface area contributed by atoms with Crippen LogP contribution in [0.5, 0.6) is 0 Å². The molecule has 0 bridgehead atoms. The lowest BCUT2D eigenvalue weighted by atomic mass is 9.99. The summed E-state index contributed by atoms with van der Waals surface area (Å²) in [6.07, 6.45) is 5.48. The molecule has 0 heterocycles. The van der Waals surface area contributed by atoms with Gasteiger partial charge in [-0.15, -0.1) is 0 Å². The van der Waals surface area contributed by atoms with Crippen molar-refractivity contribution in [3.8, 4) is 11.1 Å². The number of carbonyl (C=O) groups is 1. The fourth-order valence-corrected chi connectivity index (χ4v) is 3.00. The lowest BCUT2D eigenvalue weighted by Gasteiger charge is -2.16. The van der Waals surface area contributed by atoms with E-state index in [9.17, 15) is 4.79 Å². The molecule has 2 aromatic rings. The van der Waals surface area contributed by atoms with E-state index in [4.69, 9.17) is 9.47 Å². The summed E-state index contributed by atoms with van der Waals surface area (Å²) in [6, 6.07) is 17.0. The molecule has 27 heavy (non-hydrogen) atoms. The van der Waals surface area contributed by atoms with Crippen LogP contribution in [0.4, 0.5) is 0 Å². The fourth-order valence-electron chi connectivity index (χ4n) is 3.00. The summed E-state index contributed by atoms with van der Waals surface area (Å²) >= 11 is 0. The number of carbonyl (C=O) groups excluding carboxylic acids is 1. The predicted molar refractivity (Wildman–Crippen MR) is 111 cm³/mol. The molecule has 0 amide bonds. The Bertz CT molecular complexity index is 689. The first-order valence-electron chi connectivity index (χ1n) is 9.97. The quantitative estimate of drug-likeness (QED) is 0.374. The van der Waals surface area contributed by atoms with E-state index in [0.29, 0.717) is 0 Å². The first kappa shape index (κ1) is 21.2. The lowest BCUT2D eigenvalue weighted by molar-refractivity contribution is -0.159. The van der Waals surface area contributed by atoms with E-state index in [0.717, 1.165) is 12.0 Å². The highest BCUT2D eigenvalue weighted by Crippen LogP contribution is 2.24. The van der Waals surface area contributed by atoms with Crippen molar-refractivity contribution >= 4 is 5.97 Å². The van der Waals surface area contributed by atoms with Crippen molar-refractivity contribution < 1.29 is 14.3 Å². The number of hydrogen-bond acceptors (Lipinski definition) is 3. The molecule has 146 valence electrons. The van der Waals surface area contributed by atoms with Gasteiger partial charge in [-0.3, -0.25) is 0 Å². The van der Waals surface area contributed by atoms with E-state index in [1.54, 1.807) is 6.92 Å². The van der Waals surface area contributed by atoms with Gasteiger partial charge in [0.05, 0.1) is 0 Å². The second-order valence-electron chi connectivity index (χ2n) is 7.09. The molecule has 0 aliphatic heterocycles. The van der Waals surface area contributed by atoms with Crippen LogP contribution in [0.15, 0.2) is 48.5 Å². The van der Waals surface area contributed by atoms with E-state index in [1.807, 2.05) is 19.1 Å². The number of aryl methyl sites for hydroxylation is 1. The molecule has 0 saturated heterocycles. The Morgan fingerprint density at radius 1 is 0.889 bits per heavy atom.